The van der Waals surface area contributed by atoms with E-state index >= 15 is 0 Å². The number of hydrogen-bond acceptors (Lipinski definition) is 7. The van der Waals surface area contributed by atoms with Crippen molar-refractivity contribution in [1.29, 1.82) is 0 Å². The molecule has 1 aliphatic heterocycles. The first kappa shape index (κ1) is 17.1. The molecule has 0 saturated carbocycles. The summed E-state index contributed by atoms with van der Waals surface area (Å²) < 4.78 is 22.1. The third-order valence-corrected chi connectivity index (χ3v) is 4.88. The lowest BCUT2D eigenvalue weighted by molar-refractivity contribution is 0.252. The summed E-state index contributed by atoms with van der Waals surface area (Å²) >= 11 is 6.40. The van der Waals surface area contributed by atoms with Crippen LogP contribution in [0.3, 0.4) is 0 Å². The van der Waals surface area contributed by atoms with E-state index < -0.39 is 0 Å². The molecule has 0 bridgehead atoms. The molecule has 3 heterocycles. The van der Waals surface area contributed by atoms with Crippen molar-refractivity contribution in [1.82, 2.24) is 9.97 Å². The van der Waals surface area contributed by atoms with Gasteiger partial charge in [-0.3, -0.25) is 0 Å². The molecular weight excluding hydrogens is 382 g/mol. The number of aromatic nitrogens is 2. The van der Waals surface area contributed by atoms with Crippen LogP contribution in [-0.4, -0.2) is 36.4 Å². The van der Waals surface area contributed by atoms with E-state index in [1.807, 2.05) is 30.3 Å². The number of anilines is 2. The van der Waals surface area contributed by atoms with Gasteiger partial charge in [-0.25, -0.2) is 9.97 Å². The number of ether oxygens (including phenoxy) is 3. The van der Waals surface area contributed by atoms with E-state index in [9.17, 15) is 0 Å². The van der Waals surface area contributed by atoms with Crippen molar-refractivity contribution in [3.8, 4) is 11.5 Å². The summed E-state index contributed by atoms with van der Waals surface area (Å²) in [5.41, 5.74) is 2.03. The smallest absolute Gasteiger partial charge is 0.163 e. The third kappa shape index (κ3) is 3.08. The average Bonchev–Trinajstić information content (AvgIpc) is 3.42. The van der Waals surface area contributed by atoms with Crippen LogP contribution in [0.4, 0.5) is 11.5 Å². The van der Waals surface area contributed by atoms with Gasteiger partial charge < -0.3 is 23.9 Å². The molecule has 0 aliphatic carbocycles. The van der Waals surface area contributed by atoms with Gasteiger partial charge >= 0.3 is 0 Å². The van der Waals surface area contributed by atoms with Gasteiger partial charge in [0.2, 0.25) is 0 Å². The molecule has 4 aromatic rings. The first-order valence-electron chi connectivity index (χ1n) is 8.73. The molecule has 0 radical (unpaired) electrons. The first-order chi connectivity index (χ1) is 13.7. The van der Waals surface area contributed by atoms with Crippen LogP contribution >= 0.6 is 11.6 Å². The van der Waals surface area contributed by atoms with Crippen molar-refractivity contribution in [3.63, 3.8) is 0 Å². The Bertz CT molecular complexity index is 1170. The molecule has 7 nitrogen and oxygen atoms in total. The second kappa shape index (κ2) is 6.85. The van der Waals surface area contributed by atoms with Crippen molar-refractivity contribution in [2.45, 2.75) is 6.10 Å². The molecule has 28 heavy (non-hydrogen) atoms. The normalized spacial score (nSPS) is 15.7. The van der Waals surface area contributed by atoms with E-state index in [2.05, 4.69) is 15.3 Å². The number of methoxy groups -OCH3 is 1. The highest BCUT2D eigenvalue weighted by molar-refractivity contribution is 6.35. The Morgan fingerprint density at radius 2 is 2.11 bits per heavy atom. The van der Waals surface area contributed by atoms with Crippen LogP contribution in [0.25, 0.3) is 21.9 Å². The summed E-state index contributed by atoms with van der Waals surface area (Å²) in [5.74, 6) is 1.79. The number of halogens is 1. The minimum Gasteiger partial charge on any atom is -0.493 e. The highest BCUT2D eigenvalue weighted by Gasteiger charge is 2.24. The van der Waals surface area contributed by atoms with Crippen molar-refractivity contribution in [3.05, 3.63) is 47.9 Å². The number of rotatable bonds is 6. The van der Waals surface area contributed by atoms with Gasteiger partial charge in [0.05, 0.1) is 30.5 Å². The lowest BCUT2D eigenvalue weighted by Gasteiger charge is -2.14. The molecule has 1 saturated heterocycles. The molecule has 0 amide bonds. The molecule has 1 atom stereocenters. The van der Waals surface area contributed by atoms with Gasteiger partial charge in [-0.1, -0.05) is 11.6 Å². The molecule has 2 aromatic heterocycles. The lowest BCUT2D eigenvalue weighted by Crippen LogP contribution is -2.05. The topological polar surface area (TPSA) is 81.9 Å². The number of nitrogens with one attached hydrogen (secondary N) is 1. The zero-order valence-electron chi connectivity index (χ0n) is 14.9. The minimum absolute atomic E-state index is 0.152. The maximum absolute atomic E-state index is 6.40. The monoisotopic (exact) mass is 397 g/mol. The summed E-state index contributed by atoms with van der Waals surface area (Å²) in [4.78, 5) is 8.75. The van der Waals surface area contributed by atoms with E-state index in [0.29, 0.717) is 45.7 Å². The molecule has 0 spiro atoms. The van der Waals surface area contributed by atoms with Gasteiger partial charge in [0.25, 0.3) is 0 Å². The van der Waals surface area contributed by atoms with E-state index in [1.165, 1.54) is 6.33 Å². The first-order valence-corrected chi connectivity index (χ1v) is 9.10. The van der Waals surface area contributed by atoms with Crippen molar-refractivity contribution in [2.75, 3.05) is 25.6 Å². The highest BCUT2D eigenvalue weighted by Crippen LogP contribution is 2.38. The van der Waals surface area contributed by atoms with Crippen LogP contribution in [0.15, 0.2) is 47.3 Å². The Hall–Kier alpha value is -3.03. The summed E-state index contributed by atoms with van der Waals surface area (Å²) in [7, 11) is 1.60. The number of hydrogen-bond donors (Lipinski definition) is 1. The summed E-state index contributed by atoms with van der Waals surface area (Å²) in [6.07, 6.45) is 3.26. The molecule has 0 unspecified atom stereocenters. The quantitative estimate of drug-likeness (QED) is 0.477. The summed E-state index contributed by atoms with van der Waals surface area (Å²) in [6.45, 7) is 1.21. The molecule has 1 N–H and O–H groups in total. The predicted octanol–water partition coefficient (Wildman–Crippen LogP) is 4.56. The Morgan fingerprint density at radius 1 is 1.21 bits per heavy atom. The lowest BCUT2D eigenvalue weighted by atomic mass is 10.2. The standard InChI is InChI=1S/C20H16ClN3O4/c1-25-16-6-13-15(7-17(16)28-9-12-8-27-12)22-10-23-20(13)24-18-14(21)3-2-11-4-5-26-19(11)18/h2-7,10,12H,8-9H2,1H3,(H,22,23,24)/t12-/m0/s1. The molecule has 142 valence electrons. The van der Waals surface area contributed by atoms with Crippen LogP contribution in [0, 0.1) is 0 Å². The third-order valence-electron chi connectivity index (χ3n) is 4.56. The number of fused-ring (bicyclic) bond motifs is 2. The minimum atomic E-state index is 0.152. The Kier molecular flexibility index (Phi) is 4.18. The summed E-state index contributed by atoms with van der Waals surface area (Å²) in [5, 5.41) is 5.53. The molecule has 1 fully saturated rings. The van der Waals surface area contributed by atoms with Crippen LogP contribution in [0.2, 0.25) is 5.02 Å². The summed E-state index contributed by atoms with van der Waals surface area (Å²) in [6, 6.07) is 9.28. The van der Waals surface area contributed by atoms with Gasteiger partial charge in [0, 0.05) is 16.8 Å². The fourth-order valence-electron chi connectivity index (χ4n) is 3.03. The van der Waals surface area contributed by atoms with Crippen LogP contribution in [0.1, 0.15) is 0 Å². The largest absolute Gasteiger partial charge is 0.493 e. The van der Waals surface area contributed by atoms with Crippen molar-refractivity contribution in [2.24, 2.45) is 0 Å². The number of nitrogens with zero attached hydrogens (tertiary/aromatic N) is 2. The van der Waals surface area contributed by atoms with E-state index in [-0.39, 0.29) is 6.10 Å². The molecular formula is C20H16ClN3O4. The molecule has 1 aliphatic rings. The van der Waals surface area contributed by atoms with E-state index in [0.717, 1.165) is 17.4 Å². The molecule has 2 aromatic carbocycles. The Balaban J connectivity index is 1.57. The fourth-order valence-corrected chi connectivity index (χ4v) is 3.22. The zero-order chi connectivity index (χ0) is 19.1. The second-order valence-corrected chi connectivity index (χ2v) is 6.80. The maximum Gasteiger partial charge on any atom is 0.163 e. The Labute approximate surface area is 165 Å². The number of epoxide rings is 1. The number of furan rings is 1. The van der Waals surface area contributed by atoms with Crippen LogP contribution in [0.5, 0.6) is 11.5 Å². The van der Waals surface area contributed by atoms with Crippen LogP contribution in [-0.2, 0) is 4.74 Å². The fraction of sp³-hybridized carbons (Fsp3) is 0.200. The average molecular weight is 398 g/mol. The molecule has 5 rings (SSSR count). The molecule has 8 heteroatoms. The maximum atomic E-state index is 6.40. The van der Waals surface area contributed by atoms with Gasteiger partial charge in [-0.2, -0.15) is 0 Å². The SMILES string of the molecule is COc1cc2c(Nc3c(Cl)ccc4ccoc34)ncnc2cc1OC[C@@H]1CO1. The van der Waals surface area contributed by atoms with Gasteiger partial charge in [-0.05, 0) is 24.3 Å². The van der Waals surface area contributed by atoms with Gasteiger partial charge in [0.1, 0.15) is 30.5 Å². The van der Waals surface area contributed by atoms with Crippen molar-refractivity contribution >= 4 is 45.0 Å². The predicted molar refractivity (Wildman–Crippen MR) is 106 cm³/mol. The zero-order valence-corrected chi connectivity index (χ0v) is 15.7. The van der Waals surface area contributed by atoms with E-state index in [1.54, 1.807) is 13.4 Å². The second-order valence-electron chi connectivity index (χ2n) is 6.40. The van der Waals surface area contributed by atoms with Gasteiger partial charge in [-0.15, -0.1) is 0 Å². The Morgan fingerprint density at radius 3 is 2.93 bits per heavy atom. The highest BCUT2D eigenvalue weighted by atomic mass is 35.5. The van der Waals surface area contributed by atoms with Gasteiger partial charge in [0.15, 0.2) is 17.1 Å². The van der Waals surface area contributed by atoms with E-state index in [4.69, 9.17) is 30.2 Å². The van der Waals surface area contributed by atoms with Crippen LogP contribution < -0.4 is 14.8 Å². The number of benzene rings is 2. The van der Waals surface area contributed by atoms with Crippen molar-refractivity contribution < 1.29 is 18.6 Å².